The van der Waals surface area contributed by atoms with Crippen LogP contribution < -0.4 is 25.5 Å². The van der Waals surface area contributed by atoms with E-state index in [1.165, 1.54) is 113 Å². The average molecular weight is 1120 g/mol. The van der Waals surface area contributed by atoms with Crippen LogP contribution in [0.2, 0.25) is 0 Å². The van der Waals surface area contributed by atoms with Crippen LogP contribution in [-0.2, 0) is 37.9 Å². The molecule has 2 aliphatic carbocycles. The molecule has 3 aliphatic heterocycles. The molecule has 5 heteroatoms. The van der Waals surface area contributed by atoms with Gasteiger partial charge in [0.25, 0.3) is 0 Å². The molecule has 0 radical (unpaired) electrons. The standard InChI is InChI=1S/C80H90BN3O/c1-73(2,3)50-26-31-54(32-27-50)82(55-33-28-51(29-34-55)74(4,5)6)56-43-60-61-41-53(76(10,11)12)42-64-72(61)84(80(18)37-23-22-36-79(64,80)17)81-65-46-59-58-45-62-63(78(15,16)39-38-77(62,13)14)47-69(58)85-70(59)48-67(65)83(68(44-56)71(60)81)66-35-30-52(75(7,8)9)40-57(66)49-24-20-19-21-25-49/h19-21,24-35,40-48H,22-23,36-39H2,1-18H3. The molecule has 2 unspecified atom stereocenters. The van der Waals surface area contributed by atoms with Crippen molar-refractivity contribution in [3.05, 3.63) is 185 Å². The third-order valence-electron chi connectivity index (χ3n) is 21.9. The maximum absolute atomic E-state index is 7.39. The molecule has 4 heterocycles. The van der Waals surface area contributed by atoms with Crippen molar-refractivity contribution in [2.24, 2.45) is 0 Å². The highest BCUT2D eigenvalue weighted by molar-refractivity contribution is 6.93. The van der Waals surface area contributed by atoms with Crippen LogP contribution in [0.3, 0.4) is 0 Å². The molecule has 4 nitrogen and oxygen atoms in total. The summed E-state index contributed by atoms with van der Waals surface area (Å²) in [5.74, 6) is 0. The highest BCUT2D eigenvalue weighted by Crippen LogP contribution is 2.64. The lowest BCUT2D eigenvalue weighted by Crippen LogP contribution is -2.70. The molecule has 85 heavy (non-hydrogen) atoms. The molecule has 1 saturated carbocycles. The molecular weight excluding hydrogens is 1030 g/mol. The molecule has 0 spiro atoms. The molecule has 1 aromatic heterocycles. The smallest absolute Gasteiger partial charge is 0.328 e. The third kappa shape index (κ3) is 8.41. The van der Waals surface area contributed by atoms with Crippen molar-refractivity contribution in [1.29, 1.82) is 0 Å². The number of fused-ring (bicyclic) bond motifs is 11. The van der Waals surface area contributed by atoms with Crippen LogP contribution in [0.15, 0.2) is 150 Å². The highest BCUT2D eigenvalue weighted by Gasteiger charge is 2.63. The summed E-state index contributed by atoms with van der Waals surface area (Å²) in [7, 11) is 0. The molecule has 434 valence electrons. The summed E-state index contributed by atoms with van der Waals surface area (Å²) in [5, 5.41) is 2.43. The molecule has 0 amide bonds. The van der Waals surface area contributed by atoms with Gasteiger partial charge in [0.05, 0.1) is 5.69 Å². The fourth-order valence-corrected chi connectivity index (χ4v) is 16.2. The maximum Gasteiger partial charge on any atom is 0.328 e. The Labute approximate surface area is 509 Å². The van der Waals surface area contributed by atoms with Gasteiger partial charge >= 0.3 is 6.85 Å². The first-order valence-corrected chi connectivity index (χ1v) is 32.1. The fraction of sp³-hybridized carbons (Fsp3) is 0.400. The van der Waals surface area contributed by atoms with Gasteiger partial charge in [0, 0.05) is 73.0 Å². The van der Waals surface area contributed by atoms with Crippen LogP contribution >= 0.6 is 0 Å². The minimum Gasteiger partial charge on any atom is -0.456 e. The van der Waals surface area contributed by atoms with Crippen molar-refractivity contribution in [3.8, 4) is 22.3 Å². The molecule has 14 rings (SSSR count). The summed E-state index contributed by atoms with van der Waals surface area (Å²) in [6.07, 6.45) is 7.04. The van der Waals surface area contributed by atoms with E-state index in [-0.39, 0.29) is 50.3 Å². The maximum atomic E-state index is 7.39. The summed E-state index contributed by atoms with van der Waals surface area (Å²) in [4.78, 5) is 8.25. The van der Waals surface area contributed by atoms with Crippen LogP contribution in [0.1, 0.15) is 202 Å². The van der Waals surface area contributed by atoms with Gasteiger partial charge in [-0.15, -0.1) is 0 Å². The van der Waals surface area contributed by atoms with E-state index in [0.717, 1.165) is 59.6 Å². The minimum atomic E-state index is -0.169. The summed E-state index contributed by atoms with van der Waals surface area (Å²) in [6, 6.07) is 57.9. The van der Waals surface area contributed by atoms with E-state index in [0.29, 0.717) is 0 Å². The van der Waals surface area contributed by atoms with Crippen molar-refractivity contribution < 1.29 is 4.42 Å². The van der Waals surface area contributed by atoms with Crippen molar-refractivity contribution >= 4 is 79.5 Å². The molecule has 5 aliphatic rings. The van der Waals surface area contributed by atoms with Crippen molar-refractivity contribution in [2.45, 2.75) is 207 Å². The average Bonchev–Trinajstić information content (AvgIpc) is 1.57. The summed E-state index contributed by atoms with van der Waals surface area (Å²) in [6.45, 7) is 43.2. The van der Waals surface area contributed by atoms with Crippen LogP contribution in [0.5, 0.6) is 0 Å². The van der Waals surface area contributed by atoms with E-state index in [2.05, 4.69) is 285 Å². The van der Waals surface area contributed by atoms with Gasteiger partial charge in [-0.3, -0.25) is 0 Å². The number of nitrogens with zero attached hydrogens (tertiary/aromatic N) is 3. The molecule has 2 atom stereocenters. The predicted octanol–water partition coefficient (Wildman–Crippen LogP) is 21.2. The Morgan fingerprint density at radius 1 is 0.435 bits per heavy atom. The summed E-state index contributed by atoms with van der Waals surface area (Å²) in [5.41, 5.74) is 27.6. The van der Waals surface area contributed by atoms with E-state index in [1.54, 1.807) is 0 Å². The highest BCUT2D eigenvalue weighted by atomic mass is 16.3. The first kappa shape index (κ1) is 55.9. The zero-order valence-corrected chi connectivity index (χ0v) is 54.4. The number of furan rings is 1. The fourth-order valence-electron chi connectivity index (χ4n) is 16.2. The zero-order valence-electron chi connectivity index (χ0n) is 54.4. The van der Waals surface area contributed by atoms with Crippen LogP contribution in [0.4, 0.5) is 39.8 Å². The van der Waals surface area contributed by atoms with Gasteiger partial charge in [-0.25, -0.2) is 0 Å². The molecule has 8 aromatic carbocycles. The van der Waals surface area contributed by atoms with E-state index in [9.17, 15) is 0 Å². The number of benzene rings is 8. The molecule has 1 fully saturated rings. The second kappa shape index (κ2) is 18.3. The van der Waals surface area contributed by atoms with E-state index in [4.69, 9.17) is 4.42 Å². The van der Waals surface area contributed by atoms with E-state index >= 15 is 0 Å². The lowest BCUT2D eigenvalue weighted by molar-refractivity contribution is 0.199. The number of hydrogen-bond donors (Lipinski definition) is 0. The Hall–Kier alpha value is -6.98. The number of anilines is 7. The summed E-state index contributed by atoms with van der Waals surface area (Å²) < 4.78 is 7.39. The quantitative estimate of drug-likeness (QED) is 0.160. The monoisotopic (exact) mass is 1120 g/mol. The van der Waals surface area contributed by atoms with Gasteiger partial charge < -0.3 is 19.0 Å². The van der Waals surface area contributed by atoms with Crippen molar-refractivity contribution in [3.63, 3.8) is 0 Å². The minimum absolute atomic E-state index is 0.00219. The lowest BCUT2D eigenvalue weighted by Gasteiger charge is -2.55. The molecule has 0 bridgehead atoms. The largest absolute Gasteiger partial charge is 0.456 e. The predicted molar refractivity (Wildman–Crippen MR) is 366 cm³/mol. The van der Waals surface area contributed by atoms with Crippen LogP contribution in [0, 0.1) is 0 Å². The molecular formula is C80H90BN3O. The normalized spacial score (nSPS) is 20.3. The van der Waals surface area contributed by atoms with Gasteiger partial charge in [0.15, 0.2) is 0 Å². The van der Waals surface area contributed by atoms with Gasteiger partial charge in [0.2, 0.25) is 0 Å². The lowest BCUT2D eigenvalue weighted by atomic mass is 9.42. The van der Waals surface area contributed by atoms with Crippen molar-refractivity contribution in [1.82, 2.24) is 0 Å². The third-order valence-corrected chi connectivity index (χ3v) is 21.9. The second-order valence-electron chi connectivity index (χ2n) is 32.5. The number of rotatable bonds is 5. The Kier molecular flexibility index (Phi) is 12.0. The zero-order chi connectivity index (χ0) is 60.1. The first-order chi connectivity index (χ1) is 39.9. The topological polar surface area (TPSA) is 22.9 Å². The van der Waals surface area contributed by atoms with Gasteiger partial charge in [-0.1, -0.05) is 203 Å². The Bertz CT molecular complexity index is 4150. The Balaban J connectivity index is 1.15. The SMILES string of the molecule is CC(C)(C)c1ccc(N(c2ccc(C(C)(C)C)cc2)c2cc3c4c(c2)N(c2ccc(C(C)(C)C)cc2-c2ccccc2)c2cc5oc6cc7c(cc6c5cc2B4N2c4c-3cc(C(C)(C)C)cc4C3(C)CCCCC23C)C(C)(C)CCC7(C)C)cc1. The molecule has 0 saturated heterocycles. The second-order valence-corrected chi connectivity index (χ2v) is 32.5. The van der Waals surface area contributed by atoms with Crippen LogP contribution in [-0.4, -0.2) is 12.4 Å². The van der Waals surface area contributed by atoms with Gasteiger partial charge in [-0.05, 0) is 193 Å². The molecule has 9 aromatic rings. The number of hydrogen-bond acceptors (Lipinski definition) is 4. The van der Waals surface area contributed by atoms with E-state index in [1.807, 2.05) is 0 Å². The molecule has 0 N–H and O–H groups in total. The van der Waals surface area contributed by atoms with Crippen molar-refractivity contribution in [2.75, 3.05) is 14.6 Å². The van der Waals surface area contributed by atoms with Gasteiger partial charge in [-0.2, -0.15) is 0 Å². The van der Waals surface area contributed by atoms with Crippen LogP contribution in [0.25, 0.3) is 44.2 Å². The Morgan fingerprint density at radius 2 is 0.976 bits per heavy atom. The summed E-state index contributed by atoms with van der Waals surface area (Å²) >= 11 is 0. The first-order valence-electron chi connectivity index (χ1n) is 32.1. The Morgan fingerprint density at radius 3 is 1.58 bits per heavy atom. The van der Waals surface area contributed by atoms with E-state index < -0.39 is 0 Å². The van der Waals surface area contributed by atoms with Gasteiger partial charge in [0.1, 0.15) is 11.2 Å².